The molecule has 0 spiro atoms. The van der Waals surface area contributed by atoms with Crippen LogP contribution < -0.4 is 14.8 Å². The second-order valence-corrected chi connectivity index (χ2v) is 6.43. The van der Waals surface area contributed by atoms with Crippen LogP contribution in [-0.4, -0.2) is 19.1 Å². The van der Waals surface area contributed by atoms with Gasteiger partial charge in [0.15, 0.2) is 11.5 Å². The zero-order valence-corrected chi connectivity index (χ0v) is 16.8. The Morgan fingerprint density at radius 3 is 2.57 bits per heavy atom. The van der Waals surface area contributed by atoms with Crippen molar-refractivity contribution in [1.82, 2.24) is 0 Å². The molecule has 0 aromatic heterocycles. The van der Waals surface area contributed by atoms with Crippen LogP contribution in [0.25, 0.3) is 6.08 Å². The molecule has 0 aliphatic carbocycles. The molecule has 0 unspecified atom stereocenters. The van der Waals surface area contributed by atoms with Crippen LogP contribution in [0.15, 0.2) is 42.0 Å². The Labute approximate surface area is 166 Å². The number of nitriles is 1. The van der Waals surface area contributed by atoms with Crippen LogP contribution in [-0.2, 0) is 4.79 Å². The minimum Gasteiger partial charge on any atom is -0.490 e. The lowest BCUT2D eigenvalue weighted by atomic mass is 10.1. The molecule has 1 N–H and O–H groups in total. The van der Waals surface area contributed by atoms with Crippen molar-refractivity contribution >= 4 is 17.7 Å². The summed E-state index contributed by atoms with van der Waals surface area (Å²) in [5.74, 6) is 0.802. The van der Waals surface area contributed by atoms with Gasteiger partial charge in [0.25, 0.3) is 5.91 Å². The quantitative estimate of drug-likeness (QED) is 0.516. The highest BCUT2D eigenvalue weighted by atomic mass is 16.5. The monoisotopic (exact) mass is 378 g/mol. The number of ether oxygens (including phenoxy) is 2. The van der Waals surface area contributed by atoms with E-state index in [1.807, 2.05) is 52.0 Å². The molecule has 2 aromatic carbocycles. The van der Waals surface area contributed by atoms with Gasteiger partial charge >= 0.3 is 0 Å². The molecule has 1 amide bonds. The number of benzene rings is 2. The van der Waals surface area contributed by atoms with E-state index in [1.165, 1.54) is 0 Å². The number of aryl methyl sites for hydroxylation is 2. The Morgan fingerprint density at radius 2 is 1.89 bits per heavy atom. The average molecular weight is 378 g/mol. The molecule has 2 rings (SSSR count). The number of carbonyl (C=O) groups is 1. The van der Waals surface area contributed by atoms with Gasteiger partial charge in [-0.3, -0.25) is 4.79 Å². The lowest BCUT2D eigenvalue weighted by Gasteiger charge is -2.12. The molecule has 28 heavy (non-hydrogen) atoms. The van der Waals surface area contributed by atoms with Gasteiger partial charge in [0.05, 0.1) is 13.2 Å². The number of rotatable bonds is 8. The highest BCUT2D eigenvalue weighted by Gasteiger charge is 2.12. The van der Waals surface area contributed by atoms with Crippen molar-refractivity contribution in [2.75, 3.05) is 18.5 Å². The first-order valence-corrected chi connectivity index (χ1v) is 9.38. The van der Waals surface area contributed by atoms with Gasteiger partial charge in [0, 0.05) is 5.69 Å². The number of hydrogen-bond donors (Lipinski definition) is 1. The predicted molar refractivity (Wildman–Crippen MR) is 112 cm³/mol. The maximum atomic E-state index is 12.6. The van der Waals surface area contributed by atoms with Crippen molar-refractivity contribution in [2.24, 2.45) is 0 Å². The van der Waals surface area contributed by atoms with Gasteiger partial charge in [-0.2, -0.15) is 5.26 Å². The summed E-state index contributed by atoms with van der Waals surface area (Å²) in [5.41, 5.74) is 3.38. The van der Waals surface area contributed by atoms with Crippen LogP contribution in [0.2, 0.25) is 0 Å². The third-order valence-corrected chi connectivity index (χ3v) is 4.05. The standard InChI is InChI=1S/C23H26N2O3/c1-5-11-28-21-10-9-18(14-22(21)27-6-2)13-19(15-24)23(26)25-20-12-16(3)7-8-17(20)4/h7-10,12-14H,5-6,11H2,1-4H3,(H,25,26)/b19-13-. The number of nitrogens with zero attached hydrogens (tertiary/aromatic N) is 1. The van der Waals surface area contributed by atoms with Gasteiger partial charge in [-0.15, -0.1) is 0 Å². The van der Waals surface area contributed by atoms with E-state index < -0.39 is 5.91 Å². The minimum atomic E-state index is -0.444. The van der Waals surface area contributed by atoms with Gasteiger partial charge in [-0.25, -0.2) is 0 Å². The molecular formula is C23H26N2O3. The van der Waals surface area contributed by atoms with Gasteiger partial charge in [-0.05, 0) is 68.2 Å². The molecule has 0 aliphatic rings. The van der Waals surface area contributed by atoms with Crippen molar-refractivity contribution < 1.29 is 14.3 Å². The normalized spacial score (nSPS) is 10.9. The van der Waals surface area contributed by atoms with Crippen LogP contribution in [0.1, 0.15) is 37.0 Å². The van der Waals surface area contributed by atoms with E-state index in [9.17, 15) is 10.1 Å². The van der Waals surface area contributed by atoms with Crippen molar-refractivity contribution in [1.29, 1.82) is 5.26 Å². The first-order valence-electron chi connectivity index (χ1n) is 9.38. The molecule has 0 radical (unpaired) electrons. The summed E-state index contributed by atoms with van der Waals surface area (Å²) in [6, 6.07) is 13.1. The molecule has 0 bridgehead atoms. The highest BCUT2D eigenvalue weighted by Crippen LogP contribution is 2.29. The summed E-state index contributed by atoms with van der Waals surface area (Å²) in [5, 5.41) is 12.3. The number of hydrogen-bond acceptors (Lipinski definition) is 4. The number of nitrogens with one attached hydrogen (secondary N) is 1. The fourth-order valence-corrected chi connectivity index (χ4v) is 2.59. The fourth-order valence-electron chi connectivity index (χ4n) is 2.59. The first kappa shape index (κ1) is 21.0. The number of anilines is 1. The zero-order chi connectivity index (χ0) is 20.5. The second-order valence-electron chi connectivity index (χ2n) is 6.43. The summed E-state index contributed by atoms with van der Waals surface area (Å²) in [6.45, 7) is 8.88. The van der Waals surface area contributed by atoms with Crippen LogP contribution in [0.3, 0.4) is 0 Å². The van der Waals surface area contributed by atoms with E-state index >= 15 is 0 Å². The molecule has 146 valence electrons. The number of amides is 1. The molecule has 0 aliphatic heterocycles. The average Bonchev–Trinajstić information content (AvgIpc) is 2.68. The fraction of sp³-hybridized carbons (Fsp3) is 0.304. The van der Waals surface area contributed by atoms with Crippen molar-refractivity contribution in [3.05, 3.63) is 58.7 Å². The summed E-state index contributed by atoms with van der Waals surface area (Å²) in [6.07, 6.45) is 2.44. The summed E-state index contributed by atoms with van der Waals surface area (Å²) in [4.78, 5) is 12.6. The lowest BCUT2D eigenvalue weighted by Crippen LogP contribution is -2.14. The van der Waals surface area contributed by atoms with E-state index in [0.717, 1.165) is 17.5 Å². The van der Waals surface area contributed by atoms with E-state index in [0.29, 0.717) is 36.0 Å². The second kappa shape index (κ2) is 10.2. The van der Waals surface area contributed by atoms with Crippen molar-refractivity contribution in [3.63, 3.8) is 0 Å². The van der Waals surface area contributed by atoms with Crippen molar-refractivity contribution in [2.45, 2.75) is 34.1 Å². The van der Waals surface area contributed by atoms with Gasteiger partial charge in [-0.1, -0.05) is 25.1 Å². The predicted octanol–water partition coefficient (Wildman–Crippen LogP) is 5.04. The molecule has 5 nitrogen and oxygen atoms in total. The van der Waals surface area contributed by atoms with Crippen LogP contribution in [0.4, 0.5) is 5.69 Å². The highest BCUT2D eigenvalue weighted by molar-refractivity contribution is 6.10. The van der Waals surface area contributed by atoms with E-state index in [4.69, 9.17) is 9.47 Å². The summed E-state index contributed by atoms with van der Waals surface area (Å²) >= 11 is 0. The minimum absolute atomic E-state index is 0.0191. The Kier molecular flexibility index (Phi) is 7.65. The molecule has 5 heteroatoms. The maximum absolute atomic E-state index is 12.6. The number of carbonyl (C=O) groups excluding carboxylic acids is 1. The Balaban J connectivity index is 2.27. The van der Waals surface area contributed by atoms with Gasteiger partial charge in [0.1, 0.15) is 11.6 Å². The van der Waals surface area contributed by atoms with Gasteiger partial charge < -0.3 is 14.8 Å². The SMILES string of the molecule is CCCOc1ccc(/C=C(/C#N)C(=O)Nc2cc(C)ccc2C)cc1OCC. The Bertz CT molecular complexity index is 911. The molecule has 0 saturated carbocycles. The topological polar surface area (TPSA) is 71.3 Å². The third kappa shape index (κ3) is 5.62. The lowest BCUT2D eigenvalue weighted by molar-refractivity contribution is -0.112. The first-order chi connectivity index (χ1) is 13.5. The summed E-state index contributed by atoms with van der Waals surface area (Å²) in [7, 11) is 0. The van der Waals surface area contributed by atoms with Crippen LogP contribution in [0, 0.1) is 25.2 Å². The molecule has 0 fully saturated rings. The maximum Gasteiger partial charge on any atom is 0.266 e. The van der Waals surface area contributed by atoms with Crippen molar-refractivity contribution in [3.8, 4) is 17.6 Å². The molecule has 2 aromatic rings. The zero-order valence-electron chi connectivity index (χ0n) is 16.8. The molecule has 0 saturated heterocycles. The van der Waals surface area contributed by atoms with E-state index in [2.05, 4.69) is 5.32 Å². The summed E-state index contributed by atoms with van der Waals surface area (Å²) < 4.78 is 11.3. The largest absolute Gasteiger partial charge is 0.490 e. The van der Waals surface area contributed by atoms with Crippen LogP contribution in [0.5, 0.6) is 11.5 Å². The van der Waals surface area contributed by atoms with E-state index in [1.54, 1.807) is 24.3 Å². The smallest absolute Gasteiger partial charge is 0.266 e. The molecule has 0 heterocycles. The van der Waals surface area contributed by atoms with Gasteiger partial charge in [0.2, 0.25) is 0 Å². The Hall–Kier alpha value is -3.26. The van der Waals surface area contributed by atoms with Crippen LogP contribution >= 0.6 is 0 Å². The van der Waals surface area contributed by atoms with E-state index in [-0.39, 0.29) is 5.57 Å². The Morgan fingerprint density at radius 1 is 1.11 bits per heavy atom. The molecule has 0 atom stereocenters. The third-order valence-electron chi connectivity index (χ3n) is 4.05. The molecular weight excluding hydrogens is 352 g/mol.